The third-order valence-electron chi connectivity index (χ3n) is 1.39. The van der Waals surface area contributed by atoms with Crippen LogP contribution in [0.1, 0.15) is 19.4 Å². The van der Waals surface area contributed by atoms with Crippen molar-refractivity contribution < 1.29 is 9.13 Å². The molecule has 0 amide bonds. The number of hydrogen-bond acceptors (Lipinski definition) is 2. The number of hydrogen-bond donors (Lipinski definition) is 0. The lowest BCUT2D eigenvalue weighted by atomic mass is 10.2. The largest absolute Gasteiger partial charge is 0.494 e. The Morgan fingerprint density at radius 1 is 1.43 bits per heavy atom. The lowest BCUT2D eigenvalue weighted by Gasteiger charge is -2.03. The quantitative estimate of drug-likeness (QED) is 0.774. The van der Waals surface area contributed by atoms with E-state index in [-0.39, 0.29) is 15.8 Å². The van der Waals surface area contributed by atoms with E-state index in [2.05, 4.69) is 15.9 Å². The topological polar surface area (TPSA) is 33.0 Å². The minimum Gasteiger partial charge on any atom is -0.494 e. The summed E-state index contributed by atoms with van der Waals surface area (Å²) in [4.78, 5) is 0. The fourth-order valence-electron chi connectivity index (χ4n) is 0.776. The number of nitrogens with zero attached hydrogens (tertiary/aromatic N) is 1. The van der Waals surface area contributed by atoms with Gasteiger partial charge in [0.1, 0.15) is 6.07 Å². The van der Waals surface area contributed by atoms with Gasteiger partial charge in [0.05, 0.1) is 17.1 Å². The van der Waals surface area contributed by atoms with Crippen LogP contribution in [0.15, 0.2) is 16.6 Å². The van der Waals surface area contributed by atoms with Crippen LogP contribution >= 0.6 is 15.9 Å². The second-order valence-electron chi connectivity index (χ2n) is 2.06. The lowest BCUT2D eigenvalue weighted by molar-refractivity contribution is 0.385. The Bertz CT molecular complexity index is 347. The minimum atomic E-state index is -0.545. The molecule has 1 aromatic rings. The lowest BCUT2D eigenvalue weighted by Crippen LogP contribution is -1.90. The molecule has 0 bridgehead atoms. The summed E-state index contributed by atoms with van der Waals surface area (Å²) in [5.74, 6) is -0.419. The normalized spacial score (nSPS) is 8.29. The molecule has 0 saturated carbocycles. The Morgan fingerprint density at radius 3 is 2.43 bits per heavy atom. The van der Waals surface area contributed by atoms with E-state index in [4.69, 9.17) is 10.00 Å². The Labute approximate surface area is 91.4 Å². The molecule has 0 aliphatic heterocycles. The van der Waals surface area contributed by atoms with E-state index >= 15 is 0 Å². The van der Waals surface area contributed by atoms with Gasteiger partial charge >= 0.3 is 0 Å². The van der Waals surface area contributed by atoms with Gasteiger partial charge in [-0.1, -0.05) is 13.8 Å². The van der Waals surface area contributed by atoms with Crippen LogP contribution in [0, 0.1) is 17.1 Å². The number of rotatable bonds is 1. The van der Waals surface area contributed by atoms with Gasteiger partial charge in [0.25, 0.3) is 0 Å². The predicted octanol–water partition coefficient (Wildman–Crippen LogP) is 3.49. The summed E-state index contributed by atoms with van der Waals surface area (Å²) in [6, 6.07) is 4.75. The van der Waals surface area contributed by atoms with Gasteiger partial charge in [-0.2, -0.15) is 5.26 Å². The fourth-order valence-corrected chi connectivity index (χ4v) is 1.19. The molecule has 0 saturated heterocycles. The van der Waals surface area contributed by atoms with Gasteiger partial charge in [-0.05, 0) is 28.1 Å². The Hall–Kier alpha value is -1.08. The highest BCUT2D eigenvalue weighted by molar-refractivity contribution is 9.10. The maximum Gasteiger partial charge on any atom is 0.180 e. The molecule has 0 unspecified atom stereocenters. The van der Waals surface area contributed by atoms with Crippen molar-refractivity contribution in [3.8, 4) is 11.8 Å². The van der Waals surface area contributed by atoms with Crippen molar-refractivity contribution in [2.24, 2.45) is 0 Å². The molecule has 0 heterocycles. The Morgan fingerprint density at radius 2 is 2.00 bits per heavy atom. The van der Waals surface area contributed by atoms with E-state index < -0.39 is 5.82 Å². The molecule has 2 nitrogen and oxygen atoms in total. The van der Waals surface area contributed by atoms with Crippen molar-refractivity contribution in [1.82, 2.24) is 0 Å². The van der Waals surface area contributed by atoms with E-state index in [1.54, 1.807) is 0 Å². The molecule has 1 aromatic carbocycles. The average molecular weight is 260 g/mol. The summed E-state index contributed by atoms with van der Waals surface area (Å²) in [5, 5.41) is 8.52. The number of ether oxygens (including phenoxy) is 1. The highest BCUT2D eigenvalue weighted by atomic mass is 79.9. The molecule has 0 aliphatic rings. The first-order valence-corrected chi connectivity index (χ1v) is 4.92. The standard InChI is InChI=1S/C8H5BrFNO.C2H6/c1-12-6-3-2-5(4-11)7(9)8(6)10;1-2/h2-3H,1H3;1-2H3. The molecule has 4 heteroatoms. The van der Waals surface area contributed by atoms with Gasteiger partial charge in [-0.15, -0.1) is 0 Å². The molecular formula is C10H11BrFNO. The first kappa shape index (κ1) is 12.9. The first-order valence-electron chi connectivity index (χ1n) is 4.12. The van der Waals surface area contributed by atoms with Gasteiger partial charge < -0.3 is 4.74 Å². The van der Waals surface area contributed by atoms with Gasteiger partial charge in [-0.3, -0.25) is 0 Å². The van der Waals surface area contributed by atoms with Crippen molar-refractivity contribution in [1.29, 1.82) is 5.26 Å². The molecule has 1 rings (SSSR count). The minimum absolute atomic E-state index is 0.126. The van der Waals surface area contributed by atoms with Crippen molar-refractivity contribution in [3.63, 3.8) is 0 Å². The first-order chi connectivity index (χ1) is 6.70. The highest BCUT2D eigenvalue weighted by Gasteiger charge is 2.10. The van der Waals surface area contributed by atoms with Crippen molar-refractivity contribution in [2.75, 3.05) is 7.11 Å². The van der Waals surface area contributed by atoms with Crippen LogP contribution in [-0.4, -0.2) is 7.11 Å². The number of nitriles is 1. The van der Waals surface area contributed by atoms with Crippen LogP contribution < -0.4 is 4.74 Å². The monoisotopic (exact) mass is 259 g/mol. The predicted molar refractivity (Wildman–Crippen MR) is 56.7 cm³/mol. The van der Waals surface area contributed by atoms with Gasteiger partial charge in [-0.25, -0.2) is 4.39 Å². The van der Waals surface area contributed by atoms with Gasteiger partial charge in [0, 0.05) is 0 Å². The van der Waals surface area contributed by atoms with E-state index in [9.17, 15) is 4.39 Å². The maximum atomic E-state index is 13.1. The summed E-state index contributed by atoms with van der Waals surface area (Å²) in [5.41, 5.74) is 0.258. The Kier molecular flexibility index (Phi) is 5.89. The number of halogens is 2. The molecule has 0 aromatic heterocycles. The van der Waals surface area contributed by atoms with Crippen molar-refractivity contribution in [2.45, 2.75) is 13.8 Å². The summed E-state index contributed by atoms with van der Waals surface area (Å²) in [7, 11) is 1.37. The summed E-state index contributed by atoms with van der Waals surface area (Å²) in [6.07, 6.45) is 0. The molecule has 0 spiro atoms. The Balaban J connectivity index is 0.000000791. The molecule has 0 N–H and O–H groups in total. The third-order valence-corrected chi connectivity index (χ3v) is 2.16. The zero-order chi connectivity index (χ0) is 11.1. The van der Waals surface area contributed by atoms with Crippen LogP contribution in [0.25, 0.3) is 0 Å². The smallest absolute Gasteiger partial charge is 0.180 e. The van der Waals surface area contributed by atoms with Crippen LogP contribution in [0.3, 0.4) is 0 Å². The number of methoxy groups -OCH3 is 1. The molecule has 0 aliphatic carbocycles. The summed E-state index contributed by atoms with van der Waals surface area (Å²) >= 11 is 2.95. The van der Waals surface area contributed by atoms with E-state index in [1.165, 1.54) is 19.2 Å². The average Bonchev–Trinajstić information content (AvgIpc) is 2.25. The fraction of sp³-hybridized carbons (Fsp3) is 0.300. The number of benzene rings is 1. The second-order valence-corrected chi connectivity index (χ2v) is 2.85. The van der Waals surface area contributed by atoms with E-state index in [0.29, 0.717) is 0 Å². The maximum absolute atomic E-state index is 13.1. The zero-order valence-electron chi connectivity index (χ0n) is 8.27. The van der Waals surface area contributed by atoms with Crippen LogP contribution in [0.4, 0.5) is 4.39 Å². The van der Waals surface area contributed by atoms with Gasteiger partial charge in [0.15, 0.2) is 11.6 Å². The molecule has 0 radical (unpaired) electrons. The van der Waals surface area contributed by atoms with E-state index in [1.807, 2.05) is 19.9 Å². The van der Waals surface area contributed by atoms with Crippen LogP contribution in [0.5, 0.6) is 5.75 Å². The van der Waals surface area contributed by atoms with Crippen molar-refractivity contribution >= 4 is 15.9 Å². The van der Waals surface area contributed by atoms with Gasteiger partial charge in [0.2, 0.25) is 0 Å². The highest BCUT2D eigenvalue weighted by Crippen LogP contribution is 2.27. The molecular weight excluding hydrogens is 249 g/mol. The summed E-state index contributed by atoms with van der Waals surface area (Å²) < 4.78 is 18.0. The van der Waals surface area contributed by atoms with Crippen molar-refractivity contribution in [3.05, 3.63) is 28.0 Å². The van der Waals surface area contributed by atoms with E-state index in [0.717, 1.165) is 0 Å². The molecule has 14 heavy (non-hydrogen) atoms. The zero-order valence-corrected chi connectivity index (χ0v) is 9.85. The third kappa shape index (κ3) is 2.71. The SMILES string of the molecule is CC.COc1ccc(C#N)c(Br)c1F. The molecule has 0 fully saturated rings. The molecule has 76 valence electrons. The van der Waals surface area contributed by atoms with Crippen LogP contribution in [0.2, 0.25) is 0 Å². The molecule has 0 atom stereocenters. The summed E-state index contributed by atoms with van der Waals surface area (Å²) in [6.45, 7) is 4.00. The van der Waals surface area contributed by atoms with Crippen LogP contribution in [-0.2, 0) is 0 Å². The second kappa shape index (κ2) is 6.39.